The Kier molecular flexibility index (Phi) is 2.09. The van der Waals surface area contributed by atoms with Crippen molar-refractivity contribution >= 4 is 0 Å². The van der Waals surface area contributed by atoms with Gasteiger partial charge < -0.3 is 0 Å². The number of nitrogens with zero attached hydrogens (tertiary/aromatic N) is 4. The lowest BCUT2D eigenvalue weighted by Crippen LogP contribution is -2.46. The summed E-state index contributed by atoms with van der Waals surface area (Å²) in [7, 11) is 0. The molecule has 4 nitrogen and oxygen atoms in total. The molecule has 4 aliphatic carbocycles. The predicted molar refractivity (Wildman–Crippen MR) is 65.6 cm³/mol. The van der Waals surface area contributed by atoms with Crippen molar-refractivity contribution in [2.45, 2.75) is 45.1 Å². The van der Waals surface area contributed by atoms with Crippen LogP contribution in [0.4, 0.5) is 0 Å². The molecule has 94 valence electrons. The molecule has 5 rings (SSSR count). The van der Waals surface area contributed by atoms with E-state index >= 15 is 0 Å². The van der Waals surface area contributed by atoms with Crippen LogP contribution >= 0.6 is 0 Å². The number of aromatic nitrogens is 3. The molecule has 0 spiro atoms. The summed E-state index contributed by atoms with van der Waals surface area (Å²) in [4.78, 5) is 0. The molecule has 0 amide bonds. The maximum Gasteiger partial charge on any atom is 0.235 e. The van der Waals surface area contributed by atoms with Crippen molar-refractivity contribution in [1.29, 1.82) is 5.26 Å². The summed E-state index contributed by atoms with van der Waals surface area (Å²) in [6.07, 6.45) is 6.91. The van der Waals surface area contributed by atoms with E-state index in [9.17, 15) is 5.26 Å². The van der Waals surface area contributed by atoms with Crippen LogP contribution in [0.5, 0.6) is 0 Å². The topological polar surface area (TPSA) is 54.5 Å². The molecular formula is C14H18N4. The fraction of sp³-hybridized carbons (Fsp3) is 0.786. The molecule has 18 heavy (non-hydrogen) atoms. The number of rotatable bonds is 1. The van der Waals surface area contributed by atoms with Gasteiger partial charge in [-0.15, -0.1) is 10.2 Å². The van der Waals surface area contributed by atoms with Crippen LogP contribution in [0.1, 0.15) is 49.8 Å². The van der Waals surface area contributed by atoms with Crippen LogP contribution in [-0.2, 0) is 0 Å². The minimum Gasteiger partial charge on any atom is -0.299 e. The second-order valence-corrected chi connectivity index (χ2v) is 6.47. The lowest BCUT2D eigenvalue weighted by atomic mass is 9.54. The van der Waals surface area contributed by atoms with E-state index in [-0.39, 0.29) is 0 Å². The van der Waals surface area contributed by atoms with E-state index in [1.807, 2.05) is 6.92 Å². The van der Waals surface area contributed by atoms with Gasteiger partial charge >= 0.3 is 0 Å². The molecule has 0 aliphatic heterocycles. The molecule has 4 heteroatoms. The third-order valence-electron chi connectivity index (χ3n) is 5.44. The maximum absolute atomic E-state index is 9.21. The van der Waals surface area contributed by atoms with Gasteiger partial charge in [-0.3, -0.25) is 4.57 Å². The molecule has 0 aromatic carbocycles. The van der Waals surface area contributed by atoms with E-state index < -0.39 is 0 Å². The lowest BCUT2D eigenvalue weighted by Gasteiger charge is -2.54. The van der Waals surface area contributed by atoms with E-state index in [4.69, 9.17) is 0 Å². The summed E-state index contributed by atoms with van der Waals surface area (Å²) in [5.74, 6) is 4.90. The van der Waals surface area contributed by atoms with Gasteiger partial charge in [0, 0.05) is 6.04 Å². The average Bonchev–Trinajstić information content (AvgIpc) is 2.70. The Balaban J connectivity index is 1.77. The molecule has 0 unspecified atom stereocenters. The first kappa shape index (κ1) is 10.5. The van der Waals surface area contributed by atoms with Crippen molar-refractivity contribution in [3.63, 3.8) is 0 Å². The minimum absolute atomic E-state index is 0.502. The normalized spacial score (nSPS) is 41.0. The molecule has 4 aliphatic rings. The summed E-state index contributed by atoms with van der Waals surface area (Å²) in [5.41, 5.74) is 0. The van der Waals surface area contributed by atoms with Gasteiger partial charge in [0.05, 0.1) is 0 Å². The SMILES string of the molecule is Cc1nnc(C#N)n1C1C2CC3CC(C2)CC1C3. The van der Waals surface area contributed by atoms with Crippen LogP contribution in [-0.4, -0.2) is 14.8 Å². The van der Waals surface area contributed by atoms with Gasteiger partial charge in [0.25, 0.3) is 0 Å². The third-order valence-corrected chi connectivity index (χ3v) is 5.44. The first-order valence-electron chi connectivity index (χ1n) is 7.08. The molecule has 4 saturated carbocycles. The van der Waals surface area contributed by atoms with Gasteiger partial charge in [-0.25, -0.2) is 0 Å². The largest absolute Gasteiger partial charge is 0.299 e. The standard InChI is InChI=1S/C14H18N4/c1-8-16-17-13(7-15)18(8)14-11-3-9-2-10(5-11)6-12(14)4-9/h9-12,14H,2-6H2,1H3. The summed E-state index contributed by atoms with van der Waals surface area (Å²) < 4.78 is 2.15. The summed E-state index contributed by atoms with van der Waals surface area (Å²) >= 11 is 0. The molecule has 0 atom stereocenters. The summed E-state index contributed by atoms with van der Waals surface area (Å²) in [5, 5.41) is 17.3. The Hall–Kier alpha value is -1.37. The molecule has 1 aromatic heterocycles. The van der Waals surface area contributed by atoms with Crippen molar-refractivity contribution < 1.29 is 0 Å². The number of nitriles is 1. The third kappa shape index (κ3) is 1.31. The molecule has 0 saturated heterocycles. The van der Waals surface area contributed by atoms with Crippen molar-refractivity contribution in [2.75, 3.05) is 0 Å². The quantitative estimate of drug-likeness (QED) is 0.760. The highest BCUT2D eigenvalue weighted by Gasteiger charge is 2.49. The predicted octanol–water partition coefficient (Wildman–Crippen LogP) is 2.46. The average molecular weight is 242 g/mol. The van der Waals surface area contributed by atoms with E-state index in [1.165, 1.54) is 32.1 Å². The van der Waals surface area contributed by atoms with Crippen molar-refractivity contribution in [3.05, 3.63) is 11.6 Å². The lowest BCUT2D eigenvalue weighted by molar-refractivity contribution is -0.0302. The molecular weight excluding hydrogens is 224 g/mol. The Morgan fingerprint density at radius 1 is 1.06 bits per heavy atom. The molecule has 4 fully saturated rings. The van der Waals surface area contributed by atoms with E-state index in [0.29, 0.717) is 11.9 Å². The Morgan fingerprint density at radius 3 is 2.22 bits per heavy atom. The highest BCUT2D eigenvalue weighted by molar-refractivity contribution is 5.15. The monoisotopic (exact) mass is 242 g/mol. The fourth-order valence-corrected chi connectivity index (χ4v) is 5.12. The van der Waals surface area contributed by atoms with Gasteiger partial charge in [-0.1, -0.05) is 0 Å². The number of aryl methyl sites for hydroxylation is 1. The van der Waals surface area contributed by atoms with Crippen LogP contribution in [0.15, 0.2) is 0 Å². The van der Waals surface area contributed by atoms with E-state index in [1.54, 1.807) is 0 Å². The summed E-state index contributed by atoms with van der Waals surface area (Å²) in [6.45, 7) is 1.99. The summed E-state index contributed by atoms with van der Waals surface area (Å²) in [6, 6.07) is 2.72. The minimum atomic E-state index is 0.502. The Morgan fingerprint density at radius 2 is 1.67 bits per heavy atom. The van der Waals surface area contributed by atoms with Gasteiger partial charge in [-0.2, -0.15) is 5.26 Å². The van der Waals surface area contributed by atoms with E-state index in [0.717, 1.165) is 29.5 Å². The van der Waals surface area contributed by atoms with Crippen LogP contribution in [0.25, 0.3) is 0 Å². The van der Waals surface area contributed by atoms with Crippen molar-refractivity contribution in [1.82, 2.24) is 14.8 Å². The van der Waals surface area contributed by atoms with Crippen molar-refractivity contribution in [3.8, 4) is 6.07 Å². The zero-order valence-electron chi connectivity index (χ0n) is 10.7. The van der Waals surface area contributed by atoms with Crippen molar-refractivity contribution in [2.24, 2.45) is 23.7 Å². The first-order valence-corrected chi connectivity index (χ1v) is 7.08. The van der Waals surface area contributed by atoms with Crippen LogP contribution in [0.2, 0.25) is 0 Å². The molecule has 0 N–H and O–H groups in total. The molecule has 0 radical (unpaired) electrons. The highest BCUT2D eigenvalue weighted by Crippen LogP contribution is 2.58. The Labute approximate surface area is 107 Å². The van der Waals surface area contributed by atoms with Gasteiger partial charge in [0.2, 0.25) is 5.82 Å². The number of hydrogen-bond donors (Lipinski definition) is 0. The smallest absolute Gasteiger partial charge is 0.235 e. The molecule has 1 heterocycles. The first-order chi connectivity index (χ1) is 8.76. The van der Waals surface area contributed by atoms with Gasteiger partial charge in [-0.05, 0) is 62.7 Å². The zero-order chi connectivity index (χ0) is 12.3. The highest BCUT2D eigenvalue weighted by atomic mass is 15.3. The number of hydrogen-bond acceptors (Lipinski definition) is 3. The molecule has 1 aromatic rings. The molecule has 4 bridgehead atoms. The van der Waals surface area contributed by atoms with E-state index in [2.05, 4.69) is 20.8 Å². The Bertz CT molecular complexity index is 496. The second kappa shape index (κ2) is 3.57. The van der Waals surface area contributed by atoms with Gasteiger partial charge in [0.1, 0.15) is 11.9 Å². The van der Waals surface area contributed by atoms with Crippen LogP contribution in [0.3, 0.4) is 0 Å². The zero-order valence-corrected chi connectivity index (χ0v) is 10.7. The fourth-order valence-electron chi connectivity index (χ4n) is 5.12. The van der Waals surface area contributed by atoms with Gasteiger partial charge in [0.15, 0.2) is 0 Å². The second-order valence-electron chi connectivity index (χ2n) is 6.47. The van der Waals surface area contributed by atoms with Crippen LogP contribution in [0, 0.1) is 41.9 Å². The van der Waals surface area contributed by atoms with Crippen LogP contribution < -0.4 is 0 Å². The maximum atomic E-state index is 9.21.